The molecule has 6 nitrogen and oxygen atoms in total. The number of anilines is 1. The summed E-state index contributed by atoms with van der Waals surface area (Å²) in [6.45, 7) is 5.55. The number of benzene rings is 1. The van der Waals surface area contributed by atoms with E-state index < -0.39 is 16.0 Å². The highest BCUT2D eigenvalue weighted by Crippen LogP contribution is 2.34. The number of hydrogen-bond acceptors (Lipinski definition) is 4. The average molecular weight is 375 g/mol. The lowest BCUT2D eigenvalue weighted by atomic mass is 10.1. The van der Waals surface area contributed by atoms with Gasteiger partial charge in [0.25, 0.3) is 0 Å². The van der Waals surface area contributed by atoms with Crippen LogP contribution < -0.4 is 4.90 Å². The average Bonchev–Trinajstić information content (AvgIpc) is 2.55. The molecule has 0 spiro atoms. The van der Waals surface area contributed by atoms with E-state index in [-0.39, 0.29) is 15.5 Å². The fraction of sp³-hybridized carbons (Fsp3) is 0.562. The van der Waals surface area contributed by atoms with Gasteiger partial charge in [-0.25, -0.2) is 13.2 Å². The molecule has 0 atom stereocenters. The van der Waals surface area contributed by atoms with Crippen molar-refractivity contribution in [3.8, 4) is 0 Å². The third-order valence-corrected chi connectivity index (χ3v) is 6.82. The zero-order valence-corrected chi connectivity index (χ0v) is 15.5. The van der Waals surface area contributed by atoms with E-state index in [0.717, 1.165) is 32.4 Å². The maximum absolute atomic E-state index is 12.7. The third kappa shape index (κ3) is 3.68. The summed E-state index contributed by atoms with van der Waals surface area (Å²) in [6.07, 6.45) is 3.08. The first-order valence-corrected chi connectivity index (χ1v) is 9.96. The van der Waals surface area contributed by atoms with Gasteiger partial charge in [0.15, 0.2) is 0 Å². The monoisotopic (exact) mass is 374 g/mol. The number of carboxylic acids is 1. The molecule has 1 aromatic rings. The number of piperidine rings is 1. The number of sulfonamides is 1. The zero-order valence-electron chi connectivity index (χ0n) is 14.0. The van der Waals surface area contributed by atoms with Crippen LogP contribution in [0.1, 0.15) is 43.5 Å². The molecule has 0 aliphatic carbocycles. The molecule has 0 radical (unpaired) electrons. The van der Waals surface area contributed by atoms with E-state index in [1.807, 2.05) is 4.90 Å². The van der Waals surface area contributed by atoms with E-state index in [0.29, 0.717) is 18.8 Å². The molecule has 0 aromatic heterocycles. The second kappa shape index (κ2) is 7.72. The Kier molecular flexibility index (Phi) is 6.11. The first kappa shape index (κ1) is 19.0. The minimum atomic E-state index is -3.82. The Morgan fingerprint density at radius 3 is 2.29 bits per heavy atom. The van der Waals surface area contributed by atoms with E-state index in [1.54, 1.807) is 13.8 Å². The molecule has 134 valence electrons. The SMILES string of the molecule is CCN(CC)S(=O)(=O)c1cc(C(=O)O)c(N2CCCCC2)cc1Cl. The van der Waals surface area contributed by atoms with Crippen molar-refractivity contribution in [2.45, 2.75) is 38.0 Å². The minimum Gasteiger partial charge on any atom is -0.478 e. The van der Waals surface area contributed by atoms with Crippen LogP contribution in [0.15, 0.2) is 17.0 Å². The van der Waals surface area contributed by atoms with E-state index in [2.05, 4.69) is 0 Å². The summed E-state index contributed by atoms with van der Waals surface area (Å²) in [5.74, 6) is -1.15. The topological polar surface area (TPSA) is 77.9 Å². The molecule has 0 bridgehead atoms. The van der Waals surface area contributed by atoms with Gasteiger partial charge in [0.05, 0.1) is 16.3 Å². The normalized spacial score (nSPS) is 15.8. The molecule has 1 N–H and O–H groups in total. The van der Waals surface area contributed by atoms with Gasteiger partial charge < -0.3 is 10.0 Å². The fourth-order valence-corrected chi connectivity index (χ4v) is 4.99. The molecule has 0 amide bonds. The lowest BCUT2D eigenvalue weighted by Gasteiger charge is -2.30. The van der Waals surface area contributed by atoms with Crippen LogP contribution in [0.25, 0.3) is 0 Å². The van der Waals surface area contributed by atoms with Gasteiger partial charge in [0.1, 0.15) is 4.90 Å². The van der Waals surface area contributed by atoms with Gasteiger partial charge in [-0.15, -0.1) is 0 Å². The highest BCUT2D eigenvalue weighted by molar-refractivity contribution is 7.89. The van der Waals surface area contributed by atoms with Crippen LogP contribution in [-0.2, 0) is 10.0 Å². The van der Waals surface area contributed by atoms with Crippen molar-refractivity contribution < 1.29 is 18.3 Å². The number of aromatic carboxylic acids is 1. The second-order valence-electron chi connectivity index (χ2n) is 5.74. The van der Waals surface area contributed by atoms with E-state index >= 15 is 0 Å². The number of halogens is 1. The minimum absolute atomic E-state index is 0.0213. The predicted octanol–water partition coefficient (Wildman–Crippen LogP) is 3.06. The predicted molar refractivity (Wildman–Crippen MR) is 94.6 cm³/mol. The molecule has 1 heterocycles. The molecule has 24 heavy (non-hydrogen) atoms. The molecule has 2 rings (SSSR count). The molecule has 1 aromatic carbocycles. The quantitative estimate of drug-likeness (QED) is 0.827. The molecule has 0 saturated carbocycles. The molecule has 1 saturated heterocycles. The Hall–Kier alpha value is -1.31. The van der Waals surface area contributed by atoms with Gasteiger partial charge in [-0.05, 0) is 31.4 Å². The van der Waals surface area contributed by atoms with Crippen molar-refractivity contribution in [1.82, 2.24) is 4.31 Å². The summed E-state index contributed by atoms with van der Waals surface area (Å²) in [4.78, 5) is 13.5. The maximum atomic E-state index is 12.7. The molecule has 1 fully saturated rings. The Balaban J connectivity index is 2.56. The number of carboxylic acid groups (broad SMARTS) is 1. The summed E-state index contributed by atoms with van der Waals surface area (Å²) >= 11 is 6.24. The van der Waals surface area contributed by atoms with E-state index in [4.69, 9.17) is 11.6 Å². The Bertz CT molecular complexity index is 711. The summed E-state index contributed by atoms with van der Waals surface area (Å²) in [5, 5.41) is 9.61. The van der Waals surface area contributed by atoms with E-state index in [1.165, 1.54) is 16.4 Å². The van der Waals surface area contributed by atoms with Gasteiger partial charge in [0, 0.05) is 26.2 Å². The van der Waals surface area contributed by atoms with Crippen LogP contribution in [0.2, 0.25) is 5.02 Å². The number of rotatable bonds is 6. The summed E-state index contributed by atoms with van der Waals surface area (Å²) in [7, 11) is -3.82. The number of carbonyl (C=O) groups is 1. The van der Waals surface area contributed by atoms with Gasteiger partial charge in [-0.2, -0.15) is 4.31 Å². The number of nitrogens with zero attached hydrogens (tertiary/aromatic N) is 2. The largest absolute Gasteiger partial charge is 0.478 e. The van der Waals surface area contributed by atoms with E-state index in [9.17, 15) is 18.3 Å². The molecule has 0 unspecified atom stereocenters. The van der Waals surface area contributed by atoms with Crippen LogP contribution in [0, 0.1) is 0 Å². The van der Waals surface area contributed by atoms with Crippen molar-refractivity contribution in [3.63, 3.8) is 0 Å². The summed E-state index contributed by atoms with van der Waals surface area (Å²) in [6, 6.07) is 2.68. The maximum Gasteiger partial charge on any atom is 0.337 e. The van der Waals surface area contributed by atoms with Crippen molar-refractivity contribution in [3.05, 3.63) is 22.7 Å². The van der Waals surface area contributed by atoms with Crippen molar-refractivity contribution in [2.24, 2.45) is 0 Å². The zero-order chi connectivity index (χ0) is 17.9. The van der Waals surface area contributed by atoms with Crippen LogP contribution in [0.3, 0.4) is 0 Å². The van der Waals surface area contributed by atoms with Crippen molar-refractivity contribution in [1.29, 1.82) is 0 Å². The summed E-state index contributed by atoms with van der Waals surface area (Å²) < 4.78 is 26.7. The summed E-state index contributed by atoms with van der Waals surface area (Å²) in [5.41, 5.74) is 0.470. The molecular weight excluding hydrogens is 352 g/mol. The van der Waals surface area contributed by atoms with Crippen LogP contribution in [-0.4, -0.2) is 50.0 Å². The van der Waals surface area contributed by atoms with Gasteiger partial charge in [-0.3, -0.25) is 0 Å². The lowest BCUT2D eigenvalue weighted by molar-refractivity contribution is 0.0697. The number of hydrogen-bond donors (Lipinski definition) is 1. The molecule has 1 aliphatic rings. The van der Waals surface area contributed by atoms with Crippen molar-refractivity contribution >= 4 is 33.3 Å². The van der Waals surface area contributed by atoms with Crippen LogP contribution in [0.5, 0.6) is 0 Å². The van der Waals surface area contributed by atoms with Gasteiger partial charge >= 0.3 is 5.97 Å². The first-order valence-electron chi connectivity index (χ1n) is 8.14. The highest BCUT2D eigenvalue weighted by atomic mass is 35.5. The second-order valence-corrected chi connectivity index (χ2v) is 8.06. The van der Waals surface area contributed by atoms with Crippen molar-refractivity contribution in [2.75, 3.05) is 31.1 Å². The van der Waals surface area contributed by atoms with Gasteiger partial charge in [-0.1, -0.05) is 25.4 Å². The van der Waals surface area contributed by atoms with Crippen LogP contribution in [0.4, 0.5) is 5.69 Å². The molecule has 8 heteroatoms. The standard InChI is InChI=1S/C16H23ClN2O4S/c1-3-19(4-2)24(22,23)15-10-12(16(20)21)14(11-13(15)17)18-8-6-5-7-9-18/h10-11H,3-9H2,1-2H3,(H,20,21). The van der Waals surface area contributed by atoms with Crippen LogP contribution >= 0.6 is 11.6 Å². The molecular formula is C16H23ClN2O4S. The Morgan fingerprint density at radius 2 is 1.79 bits per heavy atom. The highest BCUT2D eigenvalue weighted by Gasteiger charge is 2.28. The Morgan fingerprint density at radius 1 is 1.21 bits per heavy atom. The fourth-order valence-electron chi connectivity index (χ4n) is 3.01. The molecule has 1 aliphatic heterocycles. The van der Waals surface area contributed by atoms with Gasteiger partial charge in [0.2, 0.25) is 10.0 Å². The lowest BCUT2D eigenvalue weighted by Crippen LogP contribution is -2.32. The smallest absolute Gasteiger partial charge is 0.337 e. The first-order chi connectivity index (χ1) is 11.3. The third-order valence-electron chi connectivity index (χ3n) is 4.30. The Labute approximate surface area is 148 Å².